The number of benzene rings is 1. The lowest BCUT2D eigenvalue weighted by atomic mass is 10.1. The van der Waals surface area contributed by atoms with Crippen molar-refractivity contribution in [2.24, 2.45) is 0 Å². The highest BCUT2D eigenvalue weighted by molar-refractivity contribution is 5.71. The van der Waals surface area contributed by atoms with Gasteiger partial charge < -0.3 is 14.6 Å². The summed E-state index contributed by atoms with van der Waals surface area (Å²) in [7, 11) is 3.14. The van der Waals surface area contributed by atoms with Gasteiger partial charge in [0.05, 0.1) is 20.6 Å². The Kier molecular flexibility index (Phi) is 4.39. The van der Waals surface area contributed by atoms with Gasteiger partial charge in [-0.25, -0.2) is 0 Å². The Labute approximate surface area is 94.1 Å². The first-order valence-corrected chi connectivity index (χ1v) is 4.77. The number of hydrogen-bond donors (Lipinski definition) is 1. The molecule has 0 aliphatic heterocycles. The van der Waals surface area contributed by atoms with Gasteiger partial charge in [-0.2, -0.15) is 0 Å². The third kappa shape index (κ3) is 3.31. The molecule has 0 fully saturated rings. The zero-order chi connectivity index (χ0) is 12.0. The number of ether oxygens (including phenoxy) is 2. The molecule has 0 amide bonds. The van der Waals surface area contributed by atoms with E-state index >= 15 is 0 Å². The van der Waals surface area contributed by atoms with Crippen LogP contribution in [0.4, 0.5) is 0 Å². The lowest BCUT2D eigenvalue weighted by Gasteiger charge is -2.06. The molecule has 0 bridgehead atoms. The number of methoxy groups -OCH3 is 2. The summed E-state index contributed by atoms with van der Waals surface area (Å²) < 4.78 is 10.2. The summed E-state index contributed by atoms with van der Waals surface area (Å²) in [6.07, 6.45) is 3.29. The first kappa shape index (κ1) is 12.1. The maximum Gasteiger partial charge on any atom is 0.307 e. The van der Waals surface area contributed by atoms with E-state index < -0.39 is 5.97 Å². The maximum absolute atomic E-state index is 10.3. The molecule has 1 aromatic carbocycles. The second kappa shape index (κ2) is 5.80. The van der Waals surface area contributed by atoms with Crippen molar-refractivity contribution in [1.82, 2.24) is 0 Å². The minimum absolute atomic E-state index is 0.00478. The highest BCUT2D eigenvalue weighted by Crippen LogP contribution is 2.25. The summed E-state index contributed by atoms with van der Waals surface area (Å²) in [6.45, 7) is 0. The highest BCUT2D eigenvalue weighted by Gasteiger charge is 2.01. The molecule has 0 radical (unpaired) electrons. The van der Waals surface area contributed by atoms with Crippen molar-refractivity contribution in [1.29, 1.82) is 0 Å². The van der Waals surface area contributed by atoms with Crippen LogP contribution in [0, 0.1) is 0 Å². The molecule has 1 N–H and O–H groups in total. The monoisotopic (exact) mass is 222 g/mol. The van der Waals surface area contributed by atoms with Crippen molar-refractivity contribution in [3.05, 3.63) is 29.8 Å². The normalized spacial score (nSPS) is 10.4. The Bertz CT molecular complexity index is 396. The van der Waals surface area contributed by atoms with Gasteiger partial charge in [0.15, 0.2) is 0 Å². The van der Waals surface area contributed by atoms with Gasteiger partial charge in [0, 0.05) is 11.6 Å². The Balaban J connectivity index is 2.87. The smallest absolute Gasteiger partial charge is 0.307 e. The number of carbonyl (C=O) groups is 1. The molecule has 0 atom stereocenters. The van der Waals surface area contributed by atoms with Crippen LogP contribution in [0.2, 0.25) is 0 Å². The van der Waals surface area contributed by atoms with E-state index in [0.29, 0.717) is 11.5 Å². The molecule has 1 rings (SSSR count). The molecule has 0 spiro atoms. The second-order valence-electron chi connectivity index (χ2n) is 3.11. The third-order valence-corrected chi connectivity index (χ3v) is 2.03. The topological polar surface area (TPSA) is 55.8 Å². The molecule has 4 nitrogen and oxygen atoms in total. The number of rotatable bonds is 5. The van der Waals surface area contributed by atoms with Crippen LogP contribution in [0.1, 0.15) is 12.0 Å². The van der Waals surface area contributed by atoms with E-state index in [4.69, 9.17) is 14.6 Å². The molecule has 1 aromatic rings. The fourth-order valence-corrected chi connectivity index (χ4v) is 1.24. The molecule has 0 aromatic heterocycles. The predicted octanol–water partition coefficient (Wildman–Crippen LogP) is 2.19. The number of carboxylic acid groups (broad SMARTS) is 1. The molecule has 0 unspecified atom stereocenters. The molecule has 4 heteroatoms. The first-order chi connectivity index (χ1) is 7.67. The average Bonchev–Trinajstić information content (AvgIpc) is 2.29. The molecule has 0 aliphatic carbocycles. The van der Waals surface area contributed by atoms with Crippen molar-refractivity contribution >= 4 is 12.0 Å². The van der Waals surface area contributed by atoms with E-state index in [1.165, 1.54) is 0 Å². The van der Waals surface area contributed by atoms with Gasteiger partial charge >= 0.3 is 5.97 Å². The van der Waals surface area contributed by atoms with E-state index in [2.05, 4.69) is 0 Å². The van der Waals surface area contributed by atoms with Crippen molar-refractivity contribution in [3.8, 4) is 11.5 Å². The van der Waals surface area contributed by atoms with Crippen LogP contribution in [0.15, 0.2) is 24.3 Å². The summed E-state index contributed by atoms with van der Waals surface area (Å²) in [6, 6.07) is 5.36. The average molecular weight is 222 g/mol. The van der Waals surface area contributed by atoms with Crippen LogP contribution < -0.4 is 9.47 Å². The molecule has 0 aliphatic rings. The summed E-state index contributed by atoms with van der Waals surface area (Å²) in [5.74, 6) is 0.497. The van der Waals surface area contributed by atoms with Crippen LogP contribution in [0.5, 0.6) is 11.5 Å². The Morgan fingerprint density at radius 3 is 2.69 bits per heavy atom. The SMILES string of the molecule is COc1ccc(/C=C/CC(=O)O)c(OC)c1. The van der Waals surface area contributed by atoms with Crippen LogP contribution in [0.25, 0.3) is 6.08 Å². The largest absolute Gasteiger partial charge is 0.497 e. The number of carboxylic acids is 1. The Hall–Kier alpha value is -1.97. The maximum atomic E-state index is 10.3. The quantitative estimate of drug-likeness (QED) is 0.829. The zero-order valence-corrected chi connectivity index (χ0v) is 9.27. The van der Waals surface area contributed by atoms with Gasteiger partial charge in [-0.3, -0.25) is 4.79 Å². The van der Waals surface area contributed by atoms with Crippen molar-refractivity contribution in [2.75, 3.05) is 14.2 Å². The van der Waals surface area contributed by atoms with E-state index in [-0.39, 0.29) is 6.42 Å². The third-order valence-electron chi connectivity index (χ3n) is 2.03. The number of hydrogen-bond acceptors (Lipinski definition) is 3. The van der Waals surface area contributed by atoms with E-state index in [1.54, 1.807) is 38.5 Å². The van der Waals surface area contributed by atoms with E-state index in [9.17, 15) is 4.79 Å². The molecular weight excluding hydrogens is 208 g/mol. The number of aliphatic carboxylic acids is 1. The van der Waals surface area contributed by atoms with Gasteiger partial charge in [0.1, 0.15) is 11.5 Å². The summed E-state index contributed by atoms with van der Waals surface area (Å²) >= 11 is 0. The van der Waals surface area contributed by atoms with Gasteiger partial charge in [0.25, 0.3) is 0 Å². The van der Waals surface area contributed by atoms with E-state index in [1.807, 2.05) is 6.07 Å². The minimum atomic E-state index is -0.858. The molecule has 0 heterocycles. The predicted molar refractivity (Wildman–Crippen MR) is 60.8 cm³/mol. The molecule has 86 valence electrons. The van der Waals surface area contributed by atoms with Gasteiger partial charge in [-0.15, -0.1) is 0 Å². The standard InChI is InChI=1S/C12H14O4/c1-15-10-7-6-9(11(8-10)16-2)4-3-5-12(13)14/h3-4,6-8H,5H2,1-2H3,(H,13,14)/b4-3+. The van der Waals surface area contributed by atoms with Crippen LogP contribution in [-0.2, 0) is 4.79 Å². The van der Waals surface area contributed by atoms with Crippen LogP contribution >= 0.6 is 0 Å². The lowest BCUT2D eigenvalue weighted by Crippen LogP contribution is -1.91. The molecular formula is C12H14O4. The van der Waals surface area contributed by atoms with Crippen LogP contribution in [0.3, 0.4) is 0 Å². The Morgan fingerprint density at radius 1 is 1.38 bits per heavy atom. The molecule has 16 heavy (non-hydrogen) atoms. The Morgan fingerprint density at radius 2 is 2.12 bits per heavy atom. The molecule has 0 saturated heterocycles. The van der Waals surface area contributed by atoms with Crippen molar-refractivity contribution in [2.45, 2.75) is 6.42 Å². The first-order valence-electron chi connectivity index (χ1n) is 4.77. The summed E-state index contributed by atoms with van der Waals surface area (Å²) in [5.41, 5.74) is 0.824. The van der Waals surface area contributed by atoms with Crippen molar-refractivity contribution in [3.63, 3.8) is 0 Å². The summed E-state index contributed by atoms with van der Waals surface area (Å²) in [4.78, 5) is 10.3. The van der Waals surface area contributed by atoms with Gasteiger partial charge in [0.2, 0.25) is 0 Å². The second-order valence-corrected chi connectivity index (χ2v) is 3.11. The van der Waals surface area contributed by atoms with Gasteiger partial charge in [-0.1, -0.05) is 12.2 Å². The fourth-order valence-electron chi connectivity index (χ4n) is 1.24. The highest BCUT2D eigenvalue weighted by atomic mass is 16.5. The molecule has 0 saturated carbocycles. The van der Waals surface area contributed by atoms with E-state index in [0.717, 1.165) is 5.56 Å². The van der Waals surface area contributed by atoms with Crippen LogP contribution in [-0.4, -0.2) is 25.3 Å². The fraction of sp³-hybridized carbons (Fsp3) is 0.250. The minimum Gasteiger partial charge on any atom is -0.497 e. The van der Waals surface area contributed by atoms with Crippen molar-refractivity contribution < 1.29 is 19.4 Å². The lowest BCUT2D eigenvalue weighted by molar-refractivity contribution is -0.135. The summed E-state index contributed by atoms with van der Waals surface area (Å²) in [5, 5.41) is 8.50. The zero-order valence-electron chi connectivity index (χ0n) is 9.27. The van der Waals surface area contributed by atoms with Gasteiger partial charge in [-0.05, 0) is 12.1 Å².